The molecule has 124 valence electrons. The van der Waals surface area contributed by atoms with E-state index < -0.39 is 0 Å². The van der Waals surface area contributed by atoms with Gasteiger partial charge in [-0.15, -0.1) is 0 Å². The van der Waals surface area contributed by atoms with Gasteiger partial charge in [-0.2, -0.15) is 9.97 Å². The van der Waals surface area contributed by atoms with E-state index in [4.69, 9.17) is 14.2 Å². The van der Waals surface area contributed by atoms with E-state index in [1.807, 2.05) is 30.3 Å². The highest BCUT2D eigenvalue weighted by Gasteiger charge is 2.06. The Labute approximate surface area is 139 Å². The summed E-state index contributed by atoms with van der Waals surface area (Å²) in [5.41, 5.74) is 0.847. The van der Waals surface area contributed by atoms with Crippen molar-refractivity contribution < 1.29 is 14.2 Å². The minimum atomic E-state index is 0.422. The van der Waals surface area contributed by atoms with Crippen LogP contribution in [-0.4, -0.2) is 42.3 Å². The van der Waals surface area contributed by atoms with Crippen molar-refractivity contribution in [3.63, 3.8) is 0 Å². The standard InChI is InChI=1S/C17H18N4O3/c1-22-14-11-15(23-2)21-17(20-14)19-9-10-24-13-7-3-5-12-6-4-8-18-16(12)13/h3-8,11H,9-10H2,1-2H3,(H,19,20,21). The molecule has 1 N–H and O–H groups in total. The monoisotopic (exact) mass is 326 g/mol. The van der Waals surface area contributed by atoms with Crippen molar-refractivity contribution in [2.24, 2.45) is 0 Å². The van der Waals surface area contributed by atoms with Gasteiger partial charge in [-0.25, -0.2) is 0 Å². The molecule has 1 aromatic carbocycles. The van der Waals surface area contributed by atoms with Gasteiger partial charge in [-0.3, -0.25) is 4.98 Å². The van der Waals surface area contributed by atoms with Gasteiger partial charge in [0.1, 0.15) is 17.9 Å². The Morgan fingerprint density at radius 1 is 1.00 bits per heavy atom. The van der Waals surface area contributed by atoms with Gasteiger partial charge in [-0.05, 0) is 12.1 Å². The number of fused-ring (bicyclic) bond motifs is 1. The topological polar surface area (TPSA) is 78.4 Å². The number of methoxy groups -OCH3 is 2. The third-order valence-electron chi connectivity index (χ3n) is 3.34. The molecule has 0 spiro atoms. The lowest BCUT2D eigenvalue weighted by Gasteiger charge is -2.10. The average Bonchev–Trinajstić information content (AvgIpc) is 2.65. The zero-order valence-electron chi connectivity index (χ0n) is 13.5. The van der Waals surface area contributed by atoms with Crippen LogP contribution < -0.4 is 19.5 Å². The fourth-order valence-electron chi connectivity index (χ4n) is 2.21. The third kappa shape index (κ3) is 3.62. The van der Waals surface area contributed by atoms with Crippen LogP contribution in [0.3, 0.4) is 0 Å². The minimum Gasteiger partial charge on any atom is -0.489 e. The van der Waals surface area contributed by atoms with Crippen LogP contribution in [-0.2, 0) is 0 Å². The van der Waals surface area contributed by atoms with Gasteiger partial charge < -0.3 is 19.5 Å². The first-order chi connectivity index (χ1) is 11.8. The maximum absolute atomic E-state index is 5.81. The zero-order valence-corrected chi connectivity index (χ0v) is 13.5. The maximum Gasteiger partial charge on any atom is 0.229 e. The summed E-state index contributed by atoms with van der Waals surface area (Å²) in [5, 5.41) is 4.13. The van der Waals surface area contributed by atoms with E-state index >= 15 is 0 Å². The Bertz CT molecular complexity index is 798. The van der Waals surface area contributed by atoms with Gasteiger partial charge in [0.2, 0.25) is 17.7 Å². The second kappa shape index (κ2) is 7.45. The van der Waals surface area contributed by atoms with Crippen molar-refractivity contribution in [3.05, 3.63) is 42.6 Å². The molecule has 3 rings (SSSR count). The Morgan fingerprint density at radius 3 is 2.50 bits per heavy atom. The van der Waals surface area contributed by atoms with Crippen LogP contribution in [0.1, 0.15) is 0 Å². The molecule has 0 aliphatic carbocycles. The minimum absolute atomic E-state index is 0.422. The van der Waals surface area contributed by atoms with Gasteiger partial charge in [0, 0.05) is 11.6 Å². The fourth-order valence-corrected chi connectivity index (χ4v) is 2.21. The molecular formula is C17H18N4O3. The first kappa shape index (κ1) is 15.8. The number of nitrogens with one attached hydrogen (secondary N) is 1. The summed E-state index contributed by atoms with van der Waals surface area (Å²) in [6.45, 7) is 0.970. The Kier molecular flexibility index (Phi) is 4.90. The van der Waals surface area contributed by atoms with E-state index in [0.29, 0.717) is 30.9 Å². The van der Waals surface area contributed by atoms with E-state index in [2.05, 4.69) is 20.3 Å². The quantitative estimate of drug-likeness (QED) is 0.668. The molecule has 7 nitrogen and oxygen atoms in total. The van der Waals surface area contributed by atoms with Crippen molar-refractivity contribution in [2.75, 3.05) is 32.7 Å². The van der Waals surface area contributed by atoms with E-state index in [9.17, 15) is 0 Å². The molecule has 0 radical (unpaired) electrons. The van der Waals surface area contributed by atoms with Crippen molar-refractivity contribution in [3.8, 4) is 17.5 Å². The fraction of sp³-hybridized carbons (Fsp3) is 0.235. The molecule has 0 amide bonds. The van der Waals surface area contributed by atoms with E-state index in [0.717, 1.165) is 16.7 Å². The summed E-state index contributed by atoms with van der Waals surface area (Å²) >= 11 is 0. The molecule has 0 atom stereocenters. The summed E-state index contributed by atoms with van der Waals surface area (Å²) in [6, 6.07) is 11.4. The predicted octanol–water partition coefficient (Wildman–Crippen LogP) is 2.53. The Morgan fingerprint density at radius 2 is 1.75 bits per heavy atom. The zero-order chi connectivity index (χ0) is 16.8. The van der Waals surface area contributed by atoms with Crippen molar-refractivity contribution in [2.45, 2.75) is 0 Å². The number of hydrogen-bond acceptors (Lipinski definition) is 7. The molecule has 0 saturated carbocycles. The number of rotatable bonds is 7. The second-order valence-corrected chi connectivity index (χ2v) is 4.88. The summed E-state index contributed by atoms with van der Waals surface area (Å²) in [4.78, 5) is 12.8. The number of para-hydroxylation sites is 1. The molecule has 0 fully saturated rings. The predicted molar refractivity (Wildman–Crippen MR) is 90.9 cm³/mol. The van der Waals surface area contributed by atoms with Crippen molar-refractivity contribution >= 4 is 16.9 Å². The molecule has 2 heterocycles. The molecule has 0 aliphatic rings. The van der Waals surface area contributed by atoms with Gasteiger partial charge in [0.25, 0.3) is 0 Å². The third-order valence-corrected chi connectivity index (χ3v) is 3.34. The lowest BCUT2D eigenvalue weighted by molar-refractivity contribution is 0.335. The van der Waals surface area contributed by atoms with Crippen LogP contribution in [0.15, 0.2) is 42.6 Å². The largest absolute Gasteiger partial charge is 0.489 e. The summed E-state index contributed by atoms with van der Waals surface area (Å²) in [6.07, 6.45) is 1.75. The molecule has 3 aromatic rings. The number of pyridine rings is 1. The van der Waals surface area contributed by atoms with Crippen LogP contribution in [0.25, 0.3) is 10.9 Å². The van der Waals surface area contributed by atoms with E-state index in [1.54, 1.807) is 26.5 Å². The number of aromatic nitrogens is 3. The second-order valence-electron chi connectivity index (χ2n) is 4.88. The molecule has 24 heavy (non-hydrogen) atoms. The van der Waals surface area contributed by atoms with Crippen molar-refractivity contribution in [1.29, 1.82) is 0 Å². The highest BCUT2D eigenvalue weighted by molar-refractivity contribution is 5.84. The van der Waals surface area contributed by atoms with Gasteiger partial charge in [0.05, 0.1) is 26.8 Å². The Hall–Kier alpha value is -3.09. The molecule has 2 aromatic heterocycles. The van der Waals surface area contributed by atoms with Gasteiger partial charge in [-0.1, -0.05) is 18.2 Å². The van der Waals surface area contributed by atoms with Crippen LogP contribution in [0.5, 0.6) is 17.5 Å². The number of nitrogens with zero attached hydrogens (tertiary/aromatic N) is 3. The van der Waals surface area contributed by atoms with Crippen molar-refractivity contribution in [1.82, 2.24) is 15.0 Å². The lowest BCUT2D eigenvalue weighted by Crippen LogP contribution is -2.14. The average molecular weight is 326 g/mol. The highest BCUT2D eigenvalue weighted by Crippen LogP contribution is 2.22. The maximum atomic E-state index is 5.81. The molecule has 0 unspecified atom stereocenters. The summed E-state index contributed by atoms with van der Waals surface area (Å²) < 4.78 is 16.0. The number of anilines is 1. The van der Waals surface area contributed by atoms with Gasteiger partial charge in [0.15, 0.2) is 0 Å². The molecule has 0 bridgehead atoms. The van der Waals surface area contributed by atoms with Crippen LogP contribution >= 0.6 is 0 Å². The normalized spacial score (nSPS) is 10.4. The first-order valence-electron chi connectivity index (χ1n) is 7.47. The van der Waals surface area contributed by atoms with E-state index in [-0.39, 0.29) is 0 Å². The number of hydrogen-bond donors (Lipinski definition) is 1. The SMILES string of the molecule is COc1cc(OC)nc(NCCOc2cccc3cccnc23)n1. The highest BCUT2D eigenvalue weighted by atomic mass is 16.5. The molecular weight excluding hydrogens is 308 g/mol. The Balaban J connectivity index is 1.61. The van der Waals surface area contributed by atoms with Crippen LogP contribution in [0.4, 0.5) is 5.95 Å². The lowest BCUT2D eigenvalue weighted by atomic mass is 10.2. The molecule has 0 aliphatic heterocycles. The number of ether oxygens (including phenoxy) is 3. The molecule has 0 saturated heterocycles. The van der Waals surface area contributed by atoms with E-state index in [1.165, 1.54) is 0 Å². The van der Waals surface area contributed by atoms with Gasteiger partial charge >= 0.3 is 0 Å². The summed E-state index contributed by atoms with van der Waals surface area (Å²) in [7, 11) is 3.09. The smallest absolute Gasteiger partial charge is 0.229 e. The first-order valence-corrected chi connectivity index (χ1v) is 7.47. The van der Waals surface area contributed by atoms with Crippen LogP contribution in [0, 0.1) is 0 Å². The summed E-state index contributed by atoms with van der Waals surface area (Å²) in [5.74, 6) is 2.04. The van der Waals surface area contributed by atoms with Crippen LogP contribution in [0.2, 0.25) is 0 Å². The molecule has 7 heteroatoms. The number of benzene rings is 1.